The molecule has 0 fully saturated rings. The Bertz CT molecular complexity index is 604. The third-order valence-electron chi connectivity index (χ3n) is 2.65. The highest BCUT2D eigenvalue weighted by atomic mass is 32.1. The van der Waals surface area contributed by atoms with Crippen LogP contribution < -0.4 is 0 Å². The molecule has 2 rings (SSSR count). The lowest BCUT2D eigenvalue weighted by atomic mass is 10.3. The lowest BCUT2D eigenvalue weighted by Crippen LogP contribution is -2.40. The fourth-order valence-electron chi connectivity index (χ4n) is 1.67. The zero-order chi connectivity index (χ0) is 14.7. The van der Waals surface area contributed by atoms with Crippen molar-refractivity contribution in [3.05, 3.63) is 29.5 Å². The molecule has 0 aromatic carbocycles. The van der Waals surface area contributed by atoms with Gasteiger partial charge in [0.2, 0.25) is 0 Å². The molecule has 1 amide bonds. The summed E-state index contributed by atoms with van der Waals surface area (Å²) < 4.78 is 5.21. The van der Waals surface area contributed by atoms with Crippen molar-refractivity contribution in [2.75, 3.05) is 6.54 Å². The zero-order valence-electron chi connectivity index (χ0n) is 11.1. The number of aliphatic carboxylic acids is 1. The molecule has 0 aliphatic carbocycles. The molecular formula is C13H14N2O4S. The molecule has 0 unspecified atom stereocenters. The normalized spacial score (nSPS) is 10.8. The van der Waals surface area contributed by atoms with Gasteiger partial charge < -0.3 is 14.4 Å². The molecule has 0 aliphatic rings. The summed E-state index contributed by atoms with van der Waals surface area (Å²) in [6.45, 7) is 3.19. The SMILES string of the molecule is CC(C)N(CC(=O)O)C(=O)c1csc(-c2ccco2)n1. The van der Waals surface area contributed by atoms with Crippen LogP contribution in [0, 0.1) is 0 Å². The average molecular weight is 294 g/mol. The van der Waals surface area contributed by atoms with Crippen LogP contribution in [0.3, 0.4) is 0 Å². The summed E-state index contributed by atoms with van der Waals surface area (Å²) in [6, 6.07) is 3.28. The van der Waals surface area contributed by atoms with E-state index in [2.05, 4.69) is 4.98 Å². The van der Waals surface area contributed by atoms with Crippen LogP contribution in [0.4, 0.5) is 0 Å². The third-order valence-corrected chi connectivity index (χ3v) is 3.50. The molecule has 0 spiro atoms. The van der Waals surface area contributed by atoms with Gasteiger partial charge in [0, 0.05) is 11.4 Å². The second-order valence-electron chi connectivity index (χ2n) is 4.44. The van der Waals surface area contributed by atoms with Gasteiger partial charge in [-0.25, -0.2) is 4.98 Å². The van der Waals surface area contributed by atoms with E-state index in [9.17, 15) is 9.59 Å². The summed E-state index contributed by atoms with van der Waals surface area (Å²) in [7, 11) is 0. The molecule has 0 saturated heterocycles. The van der Waals surface area contributed by atoms with Crippen LogP contribution in [-0.2, 0) is 4.79 Å². The van der Waals surface area contributed by atoms with E-state index in [0.717, 1.165) is 0 Å². The third kappa shape index (κ3) is 3.05. The van der Waals surface area contributed by atoms with Crippen LogP contribution in [-0.4, -0.2) is 39.5 Å². The van der Waals surface area contributed by atoms with Crippen molar-refractivity contribution < 1.29 is 19.1 Å². The van der Waals surface area contributed by atoms with E-state index in [1.807, 2.05) is 0 Å². The Morgan fingerprint density at radius 3 is 2.80 bits per heavy atom. The van der Waals surface area contributed by atoms with Gasteiger partial charge in [-0.05, 0) is 26.0 Å². The number of carboxylic acid groups (broad SMARTS) is 1. The van der Waals surface area contributed by atoms with Crippen molar-refractivity contribution in [1.82, 2.24) is 9.88 Å². The number of hydrogen-bond donors (Lipinski definition) is 1. The van der Waals surface area contributed by atoms with Crippen molar-refractivity contribution in [3.8, 4) is 10.8 Å². The molecule has 0 radical (unpaired) electrons. The van der Waals surface area contributed by atoms with Crippen LogP contribution in [0.15, 0.2) is 28.2 Å². The Kier molecular flexibility index (Phi) is 4.19. The van der Waals surface area contributed by atoms with Gasteiger partial charge >= 0.3 is 5.97 Å². The summed E-state index contributed by atoms with van der Waals surface area (Å²) in [5, 5.41) is 11.1. The van der Waals surface area contributed by atoms with Gasteiger partial charge in [0.15, 0.2) is 10.8 Å². The molecule has 0 aliphatic heterocycles. The summed E-state index contributed by atoms with van der Waals surface area (Å²) in [6.07, 6.45) is 1.53. The van der Waals surface area contributed by atoms with Crippen molar-refractivity contribution >= 4 is 23.2 Å². The predicted octanol–water partition coefficient (Wildman–Crippen LogP) is 2.34. The van der Waals surface area contributed by atoms with E-state index < -0.39 is 11.9 Å². The maximum absolute atomic E-state index is 12.3. The summed E-state index contributed by atoms with van der Waals surface area (Å²) in [5.74, 6) is -0.853. The minimum absolute atomic E-state index is 0.215. The molecule has 2 heterocycles. The summed E-state index contributed by atoms with van der Waals surface area (Å²) in [4.78, 5) is 28.6. The number of carbonyl (C=O) groups is 2. The molecule has 1 N–H and O–H groups in total. The monoisotopic (exact) mass is 294 g/mol. The van der Waals surface area contributed by atoms with E-state index >= 15 is 0 Å². The largest absolute Gasteiger partial charge is 0.480 e. The first kappa shape index (κ1) is 14.3. The fraction of sp³-hybridized carbons (Fsp3) is 0.308. The Balaban J connectivity index is 2.22. The van der Waals surface area contributed by atoms with E-state index in [1.54, 1.807) is 31.4 Å². The fourth-order valence-corrected chi connectivity index (χ4v) is 2.43. The van der Waals surface area contributed by atoms with Gasteiger partial charge in [-0.15, -0.1) is 11.3 Å². The number of thiazole rings is 1. The molecule has 0 atom stereocenters. The van der Waals surface area contributed by atoms with Crippen molar-refractivity contribution in [2.24, 2.45) is 0 Å². The Labute approximate surface area is 119 Å². The van der Waals surface area contributed by atoms with Gasteiger partial charge in [0.1, 0.15) is 12.2 Å². The first-order valence-corrected chi connectivity index (χ1v) is 6.89. The molecule has 2 aromatic heterocycles. The number of rotatable bonds is 5. The molecule has 106 valence electrons. The molecule has 7 heteroatoms. The van der Waals surface area contributed by atoms with Gasteiger partial charge in [0.25, 0.3) is 5.91 Å². The van der Waals surface area contributed by atoms with Crippen LogP contribution >= 0.6 is 11.3 Å². The smallest absolute Gasteiger partial charge is 0.323 e. The lowest BCUT2D eigenvalue weighted by Gasteiger charge is -2.23. The van der Waals surface area contributed by atoms with E-state index in [-0.39, 0.29) is 18.3 Å². The number of aromatic nitrogens is 1. The van der Waals surface area contributed by atoms with Crippen LogP contribution in [0.25, 0.3) is 10.8 Å². The van der Waals surface area contributed by atoms with E-state index in [4.69, 9.17) is 9.52 Å². The Hall–Kier alpha value is -2.15. The highest BCUT2D eigenvalue weighted by Crippen LogP contribution is 2.24. The second-order valence-corrected chi connectivity index (χ2v) is 5.29. The topological polar surface area (TPSA) is 83.6 Å². The van der Waals surface area contributed by atoms with E-state index in [1.165, 1.54) is 22.5 Å². The maximum Gasteiger partial charge on any atom is 0.323 e. The van der Waals surface area contributed by atoms with Crippen LogP contribution in [0.2, 0.25) is 0 Å². The minimum Gasteiger partial charge on any atom is -0.480 e. The molecule has 0 saturated carbocycles. The number of nitrogens with zero attached hydrogens (tertiary/aromatic N) is 2. The zero-order valence-corrected chi connectivity index (χ0v) is 11.9. The number of hydrogen-bond acceptors (Lipinski definition) is 5. The van der Waals surface area contributed by atoms with Crippen LogP contribution in [0.5, 0.6) is 0 Å². The summed E-state index contributed by atoms with van der Waals surface area (Å²) in [5.41, 5.74) is 0.233. The van der Waals surface area contributed by atoms with Crippen molar-refractivity contribution in [3.63, 3.8) is 0 Å². The first-order chi connectivity index (χ1) is 9.49. The number of furan rings is 1. The number of carbonyl (C=O) groups excluding carboxylic acids is 1. The Morgan fingerprint density at radius 2 is 2.25 bits per heavy atom. The lowest BCUT2D eigenvalue weighted by molar-refractivity contribution is -0.138. The quantitative estimate of drug-likeness (QED) is 0.915. The van der Waals surface area contributed by atoms with Gasteiger partial charge in [-0.2, -0.15) is 0 Å². The highest BCUT2D eigenvalue weighted by Gasteiger charge is 2.23. The molecule has 2 aromatic rings. The molecule has 6 nitrogen and oxygen atoms in total. The predicted molar refractivity (Wildman–Crippen MR) is 73.6 cm³/mol. The first-order valence-electron chi connectivity index (χ1n) is 6.01. The standard InChI is InChI=1S/C13H14N2O4S/c1-8(2)15(6-11(16)17)13(18)9-7-20-12(14-9)10-4-3-5-19-10/h3-5,7-8H,6H2,1-2H3,(H,16,17). The van der Waals surface area contributed by atoms with Crippen LogP contribution in [0.1, 0.15) is 24.3 Å². The minimum atomic E-state index is -1.05. The van der Waals surface area contributed by atoms with E-state index in [0.29, 0.717) is 10.8 Å². The molecule has 0 bridgehead atoms. The number of carboxylic acids is 1. The second kappa shape index (κ2) is 5.87. The Morgan fingerprint density at radius 1 is 1.50 bits per heavy atom. The van der Waals surface area contributed by atoms with Gasteiger partial charge in [-0.3, -0.25) is 9.59 Å². The van der Waals surface area contributed by atoms with Gasteiger partial charge in [-0.1, -0.05) is 0 Å². The van der Waals surface area contributed by atoms with Gasteiger partial charge in [0.05, 0.1) is 6.26 Å². The average Bonchev–Trinajstić information content (AvgIpc) is 3.04. The maximum atomic E-state index is 12.3. The molecule has 20 heavy (non-hydrogen) atoms. The van der Waals surface area contributed by atoms with Crippen molar-refractivity contribution in [1.29, 1.82) is 0 Å². The van der Waals surface area contributed by atoms with Crippen molar-refractivity contribution in [2.45, 2.75) is 19.9 Å². The highest BCUT2D eigenvalue weighted by molar-refractivity contribution is 7.13. The summed E-state index contributed by atoms with van der Waals surface area (Å²) >= 11 is 1.28. The molecular weight excluding hydrogens is 280 g/mol. The number of amides is 1.